The summed E-state index contributed by atoms with van der Waals surface area (Å²) in [5.41, 5.74) is 1.74. The van der Waals surface area contributed by atoms with E-state index in [-0.39, 0.29) is 12.1 Å². The summed E-state index contributed by atoms with van der Waals surface area (Å²) in [5, 5.41) is 5.04. The van der Waals surface area contributed by atoms with Crippen LogP contribution in [0.25, 0.3) is 0 Å². The zero-order valence-electron chi connectivity index (χ0n) is 18.1. The molecule has 4 rings (SSSR count). The number of carbonyl (C=O) groups is 2. The van der Waals surface area contributed by atoms with E-state index >= 15 is 0 Å². The van der Waals surface area contributed by atoms with Crippen molar-refractivity contribution in [3.8, 4) is 5.75 Å². The summed E-state index contributed by atoms with van der Waals surface area (Å²) in [6, 6.07) is 18.2. The highest BCUT2D eigenvalue weighted by Crippen LogP contribution is 2.27. The van der Waals surface area contributed by atoms with Crippen molar-refractivity contribution in [1.82, 2.24) is 15.2 Å². The molecule has 3 amide bonds. The first-order valence-electron chi connectivity index (χ1n) is 10.5. The van der Waals surface area contributed by atoms with E-state index in [4.69, 9.17) is 4.74 Å². The molecule has 1 fully saturated rings. The van der Waals surface area contributed by atoms with Crippen molar-refractivity contribution in [2.24, 2.45) is 0 Å². The van der Waals surface area contributed by atoms with Crippen LogP contribution in [0.5, 0.6) is 5.75 Å². The number of benzene rings is 2. The van der Waals surface area contributed by atoms with Crippen LogP contribution >= 0.6 is 0 Å². The van der Waals surface area contributed by atoms with Crippen LogP contribution in [-0.4, -0.2) is 23.1 Å². The Kier molecular flexibility index (Phi) is 5.81. The average Bonchev–Trinajstić information content (AvgIpc) is 3.07. The van der Waals surface area contributed by atoms with Gasteiger partial charge in [0.15, 0.2) is 5.54 Å². The second kappa shape index (κ2) is 8.70. The standard InChI is InChI=1S/C25H25N3O4/c1-17-6-3-4-8-21(17)32-15-13-19-9-11-20(12-10-19)25(23(30)26-24(31)27-25)16-28-14-5-7-18(2)22(28)29/h3-12,14H,13,15-16H2,1-2H3,(H2,26,27,30,31). The minimum atomic E-state index is -1.36. The van der Waals surface area contributed by atoms with E-state index in [1.165, 1.54) is 4.57 Å². The largest absolute Gasteiger partial charge is 0.493 e. The predicted molar refractivity (Wildman–Crippen MR) is 121 cm³/mol. The van der Waals surface area contributed by atoms with E-state index in [0.29, 0.717) is 24.2 Å². The van der Waals surface area contributed by atoms with Crippen LogP contribution in [0.3, 0.4) is 0 Å². The molecule has 3 aromatic rings. The molecule has 7 nitrogen and oxygen atoms in total. The van der Waals surface area contributed by atoms with Gasteiger partial charge in [-0.3, -0.25) is 14.9 Å². The van der Waals surface area contributed by atoms with E-state index in [1.807, 2.05) is 55.5 Å². The Morgan fingerprint density at radius 2 is 1.62 bits per heavy atom. The van der Waals surface area contributed by atoms with Gasteiger partial charge in [0, 0.05) is 18.2 Å². The highest BCUT2D eigenvalue weighted by Gasteiger charge is 2.48. The molecule has 0 aliphatic carbocycles. The van der Waals surface area contributed by atoms with Crippen molar-refractivity contribution >= 4 is 11.9 Å². The third-order valence-corrected chi connectivity index (χ3v) is 5.75. The van der Waals surface area contributed by atoms with Gasteiger partial charge in [0.1, 0.15) is 5.75 Å². The predicted octanol–water partition coefficient (Wildman–Crippen LogP) is 2.82. The van der Waals surface area contributed by atoms with Crippen LogP contribution in [0.4, 0.5) is 4.79 Å². The maximum atomic E-state index is 12.8. The quantitative estimate of drug-likeness (QED) is 0.563. The molecule has 32 heavy (non-hydrogen) atoms. The number of amides is 3. The Labute approximate surface area is 186 Å². The van der Waals surface area contributed by atoms with Crippen LogP contribution in [0.1, 0.15) is 22.3 Å². The molecule has 0 spiro atoms. The molecule has 164 valence electrons. The summed E-state index contributed by atoms with van der Waals surface area (Å²) in [6.45, 7) is 4.24. The van der Waals surface area contributed by atoms with Gasteiger partial charge in [-0.25, -0.2) is 4.79 Å². The molecule has 1 saturated heterocycles. The van der Waals surface area contributed by atoms with E-state index in [0.717, 1.165) is 16.9 Å². The summed E-state index contributed by atoms with van der Waals surface area (Å²) in [6.07, 6.45) is 2.31. The zero-order valence-corrected chi connectivity index (χ0v) is 18.1. The number of imide groups is 1. The number of pyridine rings is 1. The number of aromatic nitrogens is 1. The van der Waals surface area contributed by atoms with Gasteiger partial charge in [0.05, 0.1) is 13.2 Å². The second-order valence-corrected chi connectivity index (χ2v) is 8.00. The number of nitrogens with zero attached hydrogens (tertiary/aromatic N) is 1. The summed E-state index contributed by atoms with van der Waals surface area (Å²) < 4.78 is 7.31. The van der Waals surface area contributed by atoms with Crippen LogP contribution in [0, 0.1) is 13.8 Å². The second-order valence-electron chi connectivity index (χ2n) is 8.00. The number of rotatable bonds is 7. The molecule has 0 radical (unpaired) electrons. The molecule has 1 aliphatic rings. The van der Waals surface area contributed by atoms with Crippen molar-refractivity contribution in [3.63, 3.8) is 0 Å². The van der Waals surface area contributed by atoms with Crippen LogP contribution in [0.2, 0.25) is 0 Å². The molecule has 2 aromatic carbocycles. The molecule has 2 N–H and O–H groups in total. The van der Waals surface area contributed by atoms with E-state index in [1.54, 1.807) is 25.3 Å². The normalized spacial score (nSPS) is 17.7. The highest BCUT2D eigenvalue weighted by atomic mass is 16.5. The van der Waals surface area contributed by atoms with Gasteiger partial charge in [-0.05, 0) is 42.7 Å². The number of hydrogen-bond donors (Lipinski definition) is 2. The molecule has 1 unspecified atom stereocenters. The SMILES string of the molecule is Cc1ccccc1OCCc1ccc(C2(Cn3cccc(C)c3=O)NC(=O)NC2=O)cc1. The lowest BCUT2D eigenvalue weighted by molar-refractivity contribution is -0.124. The van der Waals surface area contributed by atoms with E-state index < -0.39 is 17.5 Å². The number of nitrogens with one attached hydrogen (secondary N) is 2. The number of ether oxygens (including phenoxy) is 1. The maximum absolute atomic E-state index is 12.8. The topological polar surface area (TPSA) is 89.4 Å². The van der Waals surface area contributed by atoms with E-state index in [2.05, 4.69) is 10.6 Å². The highest BCUT2D eigenvalue weighted by molar-refractivity contribution is 6.07. The Morgan fingerprint density at radius 1 is 0.906 bits per heavy atom. The van der Waals surface area contributed by atoms with Gasteiger partial charge in [0.25, 0.3) is 11.5 Å². The van der Waals surface area contributed by atoms with Crippen LogP contribution < -0.4 is 20.9 Å². The molecule has 2 heterocycles. The van der Waals surface area contributed by atoms with Gasteiger partial charge in [-0.1, -0.05) is 48.5 Å². The van der Waals surface area contributed by atoms with E-state index in [9.17, 15) is 14.4 Å². The Bertz CT molecular complexity index is 1220. The lowest BCUT2D eigenvalue weighted by Crippen LogP contribution is -2.49. The molecular formula is C25H25N3O4. The molecular weight excluding hydrogens is 406 g/mol. The summed E-state index contributed by atoms with van der Waals surface area (Å²) in [4.78, 5) is 37.4. The smallest absolute Gasteiger partial charge is 0.322 e. The van der Waals surface area contributed by atoms with Crippen LogP contribution in [0.15, 0.2) is 71.7 Å². The zero-order chi connectivity index (χ0) is 22.7. The molecule has 1 aromatic heterocycles. The van der Waals surface area contributed by atoms with Crippen molar-refractivity contribution in [3.05, 3.63) is 99.5 Å². The first kappa shape index (κ1) is 21.4. The molecule has 7 heteroatoms. The minimum Gasteiger partial charge on any atom is -0.493 e. The van der Waals surface area contributed by atoms with Crippen molar-refractivity contribution in [2.75, 3.05) is 6.61 Å². The van der Waals surface area contributed by atoms with Gasteiger partial charge in [-0.2, -0.15) is 0 Å². The monoisotopic (exact) mass is 431 g/mol. The van der Waals surface area contributed by atoms with Gasteiger partial charge in [0.2, 0.25) is 0 Å². The third kappa shape index (κ3) is 4.14. The summed E-state index contributed by atoms with van der Waals surface area (Å²) in [7, 11) is 0. The number of para-hydroxylation sites is 1. The average molecular weight is 431 g/mol. The molecule has 1 aliphatic heterocycles. The first-order valence-corrected chi connectivity index (χ1v) is 10.5. The minimum absolute atomic E-state index is 0.000822. The third-order valence-electron chi connectivity index (χ3n) is 5.75. The van der Waals surface area contributed by atoms with Crippen molar-refractivity contribution < 1.29 is 14.3 Å². The fourth-order valence-corrected chi connectivity index (χ4v) is 3.89. The lowest BCUT2D eigenvalue weighted by atomic mass is 9.88. The Hall–Kier alpha value is -3.87. The fourth-order valence-electron chi connectivity index (χ4n) is 3.89. The van der Waals surface area contributed by atoms with Gasteiger partial charge < -0.3 is 14.6 Å². The van der Waals surface area contributed by atoms with Crippen molar-refractivity contribution in [2.45, 2.75) is 32.4 Å². The summed E-state index contributed by atoms with van der Waals surface area (Å²) >= 11 is 0. The van der Waals surface area contributed by atoms with Crippen LogP contribution in [-0.2, 0) is 23.3 Å². The number of urea groups is 1. The summed E-state index contributed by atoms with van der Waals surface area (Å²) in [5.74, 6) is 0.378. The fraction of sp³-hybridized carbons (Fsp3) is 0.240. The molecule has 1 atom stereocenters. The lowest BCUT2D eigenvalue weighted by Gasteiger charge is -2.27. The number of hydrogen-bond acceptors (Lipinski definition) is 4. The van der Waals surface area contributed by atoms with Crippen molar-refractivity contribution in [1.29, 1.82) is 0 Å². The Morgan fingerprint density at radius 3 is 2.31 bits per heavy atom. The number of carbonyl (C=O) groups excluding carboxylic acids is 2. The first-order chi connectivity index (χ1) is 15.4. The molecule has 0 saturated carbocycles. The van der Waals surface area contributed by atoms with Gasteiger partial charge >= 0.3 is 6.03 Å². The Balaban J connectivity index is 1.54. The number of aryl methyl sites for hydroxylation is 2. The molecule has 0 bridgehead atoms. The maximum Gasteiger partial charge on any atom is 0.322 e. The van der Waals surface area contributed by atoms with Gasteiger partial charge in [-0.15, -0.1) is 0 Å².